The van der Waals surface area contributed by atoms with Gasteiger partial charge in [-0.2, -0.15) is 0 Å². The van der Waals surface area contributed by atoms with Crippen molar-refractivity contribution in [1.82, 2.24) is 9.97 Å². The second-order valence-corrected chi connectivity index (χ2v) is 5.95. The van der Waals surface area contributed by atoms with Crippen molar-refractivity contribution in [2.75, 3.05) is 6.61 Å². The van der Waals surface area contributed by atoms with Crippen molar-refractivity contribution in [3.05, 3.63) is 97.4 Å². The van der Waals surface area contributed by atoms with Gasteiger partial charge in [0.1, 0.15) is 6.61 Å². The molecular formula is C23H20N2O2. The summed E-state index contributed by atoms with van der Waals surface area (Å²) in [5.74, 6) is 0.227. The van der Waals surface area contributed by atoms with Crippen LogP contribution >= 0.6 is 0 Å². The van der Waals surface area contributed by atoms with Crippen LogP contribution in [0.3, 0.4) is 0 Å². The Bertz CT molecular complexity index is 928. The SMILES string of the molecule is C=CCOC(=O)c1ccc(-c2ncc(-c3ccc(CC=C)cc3)cn2)cc1. The fraction of sp³-hybridized carbons (Fsp3) is 0.0870. The molecule has 0 fully saturated rings. The van der Waals surface area contributed by atoms with Gasteiger partial charge in [0.25, 0.3) is 0 Å². The molecule has 1 aromatic heterocycles. The van der Waals surface area contributed by atoms with Crippen LogP contribution < -0.4 is 0 Å². The Balaban J connectivity index is 1.74. The van der Waals surface area contributed by atoms with Crippen LogP contribution in [0.25, 0.3) is 22.5 Å². The number of nitrogens with zero attached hydrogens (tertiary/aromatic N) is 2. The van der Waals surface area contributed by atoms with Crippen LogP contribution in [0.4, 0.5) is 0 Å². The third kappa shape index (κ3) is 4.55. The first-order valence-corrected chi connectivity index (χ1v) is 8.62. The lowest BCUT2D eigenvalue weighted by Gasteiger charge is -2.06. The number of benzene rings is 2. The van der Waals surface area contributed by atoms with E-state index >= 15 is 0 Å². The Morgan fingerprint density at radius 2 is 1.48 bits per heavy atom. The van der Waals surface area contributed by atoms with Crippen molar-refractivity contribution in [1.29, 1.82) is 0 Å². The molecule has 1 heterocycles. The van der Waals surface area contributed by atoms with E-state index in [1.54, 1.807) is 24.5 Å². The Morgan fingerprint density at radius 3 is 2.07 bits per heavy atom. The second kappa shape index (κ2) is 8.72. The molecule has 0 unspecified atom stereocenters. The first-order valence-electron chi connectivity index (χ1n) is 8.62. The number of aromatic nitrogens is 2. The van der Waals surface area contributed by atoms with Crippen LogP contribution in [-0.2, 0) is 11.2 Å². The van der Waals surface area contributed by atoms with Crippen molar-refractivity contribution < 1.29 is 9.53 Å². The molecule has 0 saturated carbocycles. The molecule has 0 spiro atoms. The molecular weight excluding hydrogens is 336 g/mol. The Kier molecular flexibility index (Phi) is 5.90. The minimum atomic E-state index is -0.377. The third-order valence-corrected chi connectivity index (χ3v) is 4.03. The first kappa shape index (κ1) is 18.3. The zero-order valence-corrected chi connectivity index (χ0v) is 15.0. The van der Waals surface area contributed by atoms with E-state index in [0.29, 0.717) is 11.4 Å². The summed E-state index contributed by atoms with van der Waals surface area (Å²) in [7, 11) is 0. The van der Waals surface area contributed by atoms with Crippen molar-refractivity contribution >= 4 is 5.97 Å². The first-order chi connectivity index (χ1) is 13.2. The average Bonchev–Trinajstić information content (AvgIpc) is 2.73. The molecule has 2 aromatic carbocycles. The molecule has 3 rings (SSSR count). The van der Waals surface area contributed by atoms with E-state index in [1.165, 1.54) is 11.6 Å². The predicted octanol–water partition coefficient (Wildman–Crippen LogP) is 4.88. The molecule has 0 aliphatic carbocycles. The maximum absolute atomic E-state index is 11.8. The maximum Gasteiger partial charge on any atom is 0.338 e. The van der Waals surface area contributed by atoms with Crippen molar-refractivity contribution in [3.8, 4) is 22.5 Å². The fourth-order valence-electron chi connectivity index (χ4n) is 2.60. The van der Waals surface area contributed by atoms with E-state index in [9.17, 15) is 4.79 Å². The lowest BCUT2D eigenvalue weighted by molar-refractivity contribution is 0.0550. The highest BCUT2D eigenvalue weighted by Crippen LogP contribution is 2.21. The standard InChI is InChI=1S/C23H20N2O2/c1-3-5-17-6-8-18(9-7-17)21-15-24-22(25-16-21)19-10-12-20(13-11-19)23(26)27-14-4-2/h3-4,6-13,15-16H,1-2,5,14H2. The number of carbonyl (C=O) groups is 1. The molecule has 0 amide bonds. The van der Waals surface area contributed by atoms with Crippen LogP contribution in [0.2, 0.25) is 0 Å². The molecule has 0 aliphatic rings. The summed E-state index contributed by atoms with van der Waals surface area (Å²) in [5, 5.41) is 0. The topological polar surface area (TPSA) is 52.1 Å². The van der Waals surface area contributed by atoms with Crippen LogP contribution in [0.1, 0.15) is 15.9 Å². The Hall–Kier alpha value is -3.53. The zero-order chi connectivity index (χ0) is 19.1. The average molecular weight is 356 g/mol. The number of esters is 1. The minimum Gasteiger partial charge on any atom is -0.458 e. The lowest BCUT2D eigenvalue weighted by Crippen LogP contribution is -2.04. The molecule has 0 aliphatic heterocycles. The zero-order valence-electron chi connectivity index (χ0n) is 15.0. The smallest absolute Gasteiger partial charge is 0.338 e. The molecule has 0 bridgehead atoms. The molecule has 134 valence electrons. The summed E-state index contributed by atoms with van der Waals surface area (Å²) in [4.78, 5) is 20.7. The number of carbonyl (C=O) groups excluding carboxylic acids is 1. The van der Waals surface area contributed by atoms with Crippen LogP contribution in [0.15, 0.2) is 86.2 Å². The number of ether oxygens (including phenoxy) is 1. The highest BCUT2D eigenvalue weighted by molar-refractivity contribution is 5.90. The van der Waals surface area contributed by atoms with Gasteiger partial charge in [-0.3, -0.25) is 0 Å². The number of allylic oxidation sites excluding steroid dienone is 1. The Morgan fingerprint density at radius 1 is 0.852 bits per heavy atom. The van der Waals surface area contributed by atoms with Gasteiger partial charge in [0.05, 0.1) is 5.56 Å². The quantitative estimate of drug-likeness (QED) is 0.447. The number of hydrogen-bond donors (Lipinski definition) is 0. The highest BCUT2D eigenvalue weighted by Gasteiger charge is 2.08. The van der Waals surface area contributed by atoms with Gasteiger partial charge in [-0.1, -0.05) is 55.1 Å². The molecule has 0 atom stereocenters. The highest BCUT2D eigenvalue weighted by atomic mass is 16.5. The maximum atomic E-state index is 11.8. The van der Waals surface area contributed by atoms with Crippen LogP contribution in [0.5, 0.6) is 0 Å². The van der Waals surface area contributed by atoms with E-state index in [-0.39, 0.29) is 12.6 Å². The van der Waals surface area contributed by atoms with E-state index in [4.69, 9.17) is 4.74 Å². The summed E-state index contributed by atoms with van der Waals surface area (Å²) >= 11 is 0. The number of hydrogen-bond acceptors (Lipinski definition) is 4. The number of rotatable bonds is 7. The summed E-state index contributed by atoms with van der Waals surface area (Å²) < 4.78 is 5.02. The molecule has 3 aromatic rings. The fourth-order valence-corrected chi connectivity index (χ4v) is 2.60. The summed E-state index contributed by atoms with van der Waals surface area (Å²) in [6, 6.07) is 15.3. The normalized spacial score (nSPS) is 10.2. The molecule has 4 heteroatoms. The molecule has 27 heavy (non-hydrogen) atoms. The molecule has 4 nitrogen and oxygen atoms in total. The van der Waals surface area contributed by atoms with Crippen molar-refractivity contribution in [2.45, 2.75) is 6.42 Å². The summed E-state index contributed by atoms with van der Waals surface area (Å²) in [5.41, 5.74) is 4.56. The monoisotopic (exact) mass is 356 g/mol. The predicted molar refractivity (Wildman–Crippen MR) is 107 cm³/mol. The van der Waals surface area contributed by atoms with E-state index in [0.717, 1.165) is 23.1 Å². The van der Waals surface area contributed by atoms with Gasteiger partial charge in [0.15, 0.2) is 5.82 Å². The molecule has 0 saturated heterocycles. The summed E-state index contributed by atoms with van der Waals surface area (Å²) in [6.45, 7) is 7.47. The van der Waals surface area contributed by atoms with Gasteiger partial charge in [0.2, 0.25) is 0 Å². The van der Waals surface area contributed by atoms with Gasteiger partial charge in [0, 0.05) is 23.5 Å². The van der Waals surface area contributed by atoms with Crippen molar-refractivity contribution in [3.63, 3.8) is 0 Å². The second-order valence-electron chi connectivity index (χ2n) is 5.95. The molecule has 0 N–H and O–H groups in total. The molecule has 0 radical (unpaired) electrons. The van der Waals surface area contributed by atoms with Crippen LogP contribution in [-0.4, -0.2) is 22.5 Å². The van der Waals surface area contributed by atoms with Gasteiger partial charge in [-0.05, 0) is 29.7 Å². The third-order valence-electron chi connectivity index (χ3n) is 4.03. The van der Waals surface area contributed by atoms with Gasteiger partial charge >= 0.3 is 5.97 Å². The van der Waals surface area contributed by atoms with Gasteiger partial charge in [-0.15, -0.1) is 6.58 Å². The van der Waals surface area contributed by atoms with Gasteiger partial charge in [-0.25, -0.2) is 14.8 Å². The lowest BCUT2D eigenvalue weighted by atomic mass is 10.1. The van der Waals surface area contributed by atoms with Gasteiger partial charge < -0.3 is 4.74 Å². The largest absolute Gasteiger partial charge is 0.458 e. The Labute approximate surface area is 158 Å². The minimum absolute atomic E-state index is 0.194. The van der Waals surface area contributed by atoms with E-state index in [1.807, 2.05) is 18.2 Å². The van der Waals surface area contributed by atoms with Crippen LogP contribution in [0, 0.1) is 0 Å². The van der Waals surface area contributed by atoms with E-state index in [2.05, 4.69) is 47.4 Å². The van der Waals surface area contributed by atoms with Crippen molar-refractivity contribution in [2.24, 2.45) is 0 Å². The van der Waals surface area contributed by atoms with E-state index < -0.39 is 0 Å². The summed E-state index contributed by atoms with van der Waals surface area (Å²) in [6.07, 6.45) is 7.88.